The van der Waals surface area contributed by atoms with E-state index in [1.165, 1.54) is 6.42 Å². The number of hydrogen-bond acceptors (Lipinski definition) is 0. The molecule has 2 unspecified atom stereocenters. The molecule has 0 aromatic heterocycles. The van der Waals surface area contributed by atoms with Gasteiger partial charge in [-0.15, -0.1) is 0 Å². The van der Waals surface area contributed by atoms with Gasteiger partial charge in [0.2, 0.25) is 0 Å². The lowest BCUT2D eigenvalue weighted by Gasteiger charge is -2.09. The third-order valence-electron chi connectivity index (χ3n) is 3.35. The molecule has 0 spiro atoms. The molecule has 56 valence electrons. The Morgan fingerprint density at radius 2 is 2.00 bits per heavy atom. The number of hydrogen-bond donors (Lipinski definition) is 0. The fraction of sp³-hybridized carbons (Fsp3) is 0.800. The van der Waals surface area contributed by atoms with Gasteiger partial charge in [0.05, 0.1) is 0 Å². The van der Waals surface area contributed by atoms with Crippen molar-refractivity contribution < 1.29 is 0 Å². The minimum atomic E-state index is 0.657. The summed E-state index contributed by atoms with van der Waals surface area (Å²) in [6.07, 6.45) is 1.42. The average Bonchev–Trinajstić information content (AvgIpc) is 2.56. The minimum absolute atomic E-state index is 0.657. The van der Waals surface area contributed by atoms with E-state index in [-0.39, 0.29) is 0 Å². The van der Waals surface area contributed by atoms with Crippen molar-refractivity contribution in [3.8, 4) is 0 Å². The van der Waals surface area contributed by atoms with E-state index >= 15 is 0 Å². The summed E-state index contributed by atoms with van der Waals surface area (Å²) in [4.78, 5) is 0. The van der Waals surface area contributed by atoms with Gasteiger partial charge in [0.25, 0.3) is 0 Å². The molecule has 0 nitrogen and oxygen atoms in total. The van der Waals surface area contributed by atoms with Crippen molar-refractivity contribution in [2.45, 2.75) is 34.1 Å². The summed E-state index contributed by atoms with van der Waals surface area (Å²) in [5.74, 6) is 1.88. The molecule has 0 heterocycles. The Kier molecular flexibility index (Phi) is 0.962. The van der Waals surface area contributed by atoms with Gasteiger partial charge in [-0.2, -0.15) is 0 Å². The van der Waals surface area contributed by atoms with Crippen LogP contribution < -0.4 is 0 Å². The van der Waals surface area contributed by atoms with E-state index in [1.807, 2.05) is 0 Å². The standard InChI is InChI=1S/C10H16/c1-6(2)5-8-9-7(3)10(8,9)4/h6,8H,5H2,1-4H3. The summed E-state index contributed by atoms with van der Waals surface area (Å²) >= 11 is 0. The van der Waals surface area contributed by atoms with Crippen LogP contribution >= 0.6 is 0 Å². The van der Waals surface area contributed by atoms with Crippen molar-refractivity contribution in [2.75, 3.05) is 0 Å². The summed E-state index contributed by atoms with van der Waals surface area (Å²) in [6.45, 7) is 9.31. The predicted molar refractivity (Wildman–Crippen MR) is 43.8 cm³/mol. The summed E-state index contributed by atoms with van der Waals surface area (Å²) < 4.78 is 0. The molecule has 0 aromatic carbocycles. The van der Waals surface area contributed by atoms with Crippen molar-refractivity contribution in [3.63, 3.8) is 0 Å². The van der Waals surface area contributed by atoms with E-state index in [1.54, 1.807) is 11.1 Å². The van der Waals surface area contributed by atoms with Crippen LogP contribution in [0.3, 0.4) is 0 Å². The van der Waals surface area contributed by atoms with Gasteiger partial charge in [-0.25, -0.2) is 0 Å². The van der Waals surface area contributed by atoms with E-state index in [2.05, 4.69) is 27.7 Å². The van der Waals surface area contributed by atoms with Crippen molar-refractivity contribution in [1.29, 1.82) is 0 Å². The van der Waals surface area contributed by atoms with Crippen LogP contribution in [0.4, 0.5) is 0 Å². The van der Waals surface area contributed by atoms with Crippen LogP contribution in [-0.4, -0.2) is 0 Å². The van der Waals surface area contributed by atoms with Gasteiger partial charge in [0, 0.05) is 5.41 Å². The van der Waals surface area contributed by atoms with Crippen LogP contribution in [0.25, 0.3) is 0 Å². The first kappa shape index (κ1) is 6.45. The summed E-state index contributed by atoms with van der Waals surface area (Å²) in [7, 11) is 0. The maximum Gasteiger partial charge on any atom is 0.0164 e. The largest absolute Gasteiger partial charge is 0.0628 e. The van der Waals surface area contributed by atoms with Crippen LogP contribution in [0, 0.1) is 17.3 Å². The lowest BCUT2D eigenvalue weighted by molar-refractivity contribution is 0.471. The summed E-state index contributed by atoms with van der Waals surface area (Å²) in [5.41, 5.74) is 4.14. The Balaban J connectivity index is 1.93. The van der Waals surface area contributed by atoms with E-state index in [9.17, 15) is 0 Å². The van der Waals surface area contributed by atoms with Crippen LogP contribution in [0.15, 0.2) is 11.1 Å². The molecule has 1 fully saturated rings. The van der Waals surface area contributed by atoms with Gasteiger partial charge in [0.1, 0.15) is 0 Å². The number of allylic oxidation sites excluding steroid dienone is 2. The van der Waals surface area contributed by atoms with Gasteiger partial charge in [-0.1, -0.05) is 31.9 Å². The number of rotatable bonds is 2. The van der Waals surface area contributed by atoms with Crippen molar-refractivity contribution in [2.24, 2.45) is 17.3 Å². The third-order valence-corrected chi connectivity index (χ3v) is 3.35. The van der Waals surface area contributed by atoms with Crippen LogP contribution in [0.1, 0.15) is 34.1 Å². The Morgan fingerprint density at radius 3 is 2.30 bits per heavy atom. The maximum atomic E-state index is 2.39. The molecule has 0 aromatic rings. The zero-order chi connectivity index (χ0) is 7.52. The maximum absolute atomic E-state index is 2.39. The Labute approximate surface area is 63.3 Å². The van der Waals surface area contributed by atoms with E-state index in [0.717, 1.165) is 11.8 Å². The van der Waals surface area contributed by atoms with Crippen molar-refractivity contribution >= 4 is 0 Å². The first-order valence-corrected chi connectivity index (χ1v) is 4.30. The lowest BCUT2D eigenvalue weighted by Crippen LogP contribution is -2.00. The van der Waals surface area contributed by atoms with Crippen LogP contribution in [0.5, 0.6) is 0 Å². The van der Waals surface area contributed by atoms with E-state index in [0.29, 0.717) is 5.41 Å². The van der Waals surface area contributed by atoms with Gasteiger partial charge in [-0.3, -0.25) is 0 Å². The van der Waals surface area contributed by atoms with Crippen molar-refractivity contribution in [1.82, 2.24) is 0 Å². The zero-order valence-electron chi connectivity index (χ0n) is 7.36. The molecule has 0 bridgehead atoms. The third kappa shape index (κ3) is 0.531. The molecule has 0 N–H and O–H groups in total. The molecule has 1 saturated carbocycles. The van der Waals surface area contributed by atoms with E-state index in [4.69, 9.17) is 0 Å². The molecule has 2 atom stereocenters. The molecule has 10 heavy (non-hydrogen) atoms. The first-order valence-electron chi connectivity index (χ1n) is 4.30. The van der Waals surface area contributed by atoms with Crippen LogP contribution in [0.2, 0.25) is 0 Å². The van der Waals surface area contributed by atoms with Gasteiger partial charge in [0.15, 0.2) is 0 Å². The Morgan fingerprint density at radius 1 is 1.50 bits per heavy atom. The molecule has 2 aliphatic carbocycles. The highest BCUT2D eigenvalue weighted by Gasteiger charge is 2.69. The quantitative estimate of drug-likeness (QED) is 0.512. The molecule has 0 radical (unpaired) electrons. The fourth-order valence-corrected chi connectivity index (χ4v) is 2.37. The highest BCUT2D eigenvalue weighted by atomic mass is 14.7. The highest BCUT2D eigenvalue weighted by molar-refractivity contribution is 5.65. The van der Waals surface area contributed by atoms with Gasteiger partial charge >= 0.3 is 0 Å². The summed E-state index contributed by atoms with van der Waals surface area (Å²) in [5, 5.41) is 0. The fourth-order valence-electron chi connectivity index (χ4n) is 2.37. The smallest absolute Gasteiger partial charge is 0.0164 e. The molecule has 0 heteroatoms. The second-order valence-electron chi connectivity index (χ2n) is 4.42. The Bertz CT molecular complexity index is 210. The monoisotopic (exact) mass is 136 g/mol. The molecule has 0 aliphatic heterocycles. The summed E-state index contributed by atoms with van der Waals surface area (Å²) in [6, 6.07) is 0. The number of fused-ring (bicyclic) bond motifs is 1. The molecule has 0 saturated heterocycles. The second kappa shape index (κ2) is 1.49. The lowest BCUT2D eigenvalue weighted by atomic mass is 9.95. The molecule has 2 aliphatic rings. The van der Waals surface area contributed by atoms with Crippen molar-refractivity contribution in [3.05, 3.63) is 11.1 Å². The zero-order valence-corrected chi connectivity index (χ0v) is 7.36. The topological polar surface area (TPSA) is 0 Å². The predicted octanol–water partition coefficient (Wildman–Crippen LogP) is 3.00. The first-order chi connectivity index (χ1) is 4.58. The highest BCUT2D eigenvalue weighted by Crippen LogP contribution is 2.79. The normalized spacial score (nSPS) is 42.3. The second-order valence-corrected chi connectivity index (χ2v) is 4.42. The van der Waals surface area contributed by atoms with Crippen LogP contribution in [-0.2, 0) is 0 Å². The molecule has 0 amide bonds. The average molecular weight is 136 g/mol. The van der Waals surface area contributed by atoms with Gasteiger partial charge < -0.3 is 0 Å². The SMILES string of the molecule is CC1=C2C(CC(C)C)C12C. The van der Waals surface area contributed by atoms with Gasteiger partial charge in [-0.05, 0) is 25.2 Å². The van der Waals surface area contributed by atoms with E-state index < -0.39 is 0 Å². The molecule has 2 rings (SSSR count). The molecular weight excluding hydrogens is 120 g/mol. The Hall–Kier alpha value is -0.260. The minimum Gasteiger partial charge on any atom is -0.0628 e. The molecular formula is C10H16.